The zero-order chi connectivity index (χ0) is 18.7. The maximum atomic E-state index is 12.3. The van der Waals surface area contributed by atoms with Gasteiger partial charge in [0.25, 0.3) is 0 Å². The number of anilines is 2. The molecule has 3 rings (SSSR count). The van der Waals surface area contributed by atoms with Crippen LogP contribution < -0.4 is 44.9 Å². The Morgan fingerprint density at radius 2 is 1.89 bits per heavy atom. The maximum Gasteiger partial charge on any atom is 1.00 e. The molecule has 0 saturated carbocycles. The summed E-state index contributed by atoms with van der Waals surface area (Å²) in [5.74, 6) is -2.54. The van der Waals surface area contributed by atoms with E-state index in [4.69, 9.17) is 0 Å². The number of amides is 2. The molecule has 1 aliphatic rings. The summed E-state index contributed by atoms with van der Waals surface area (Å²) in [5.41, 5.74) is 3.06. The number of benzene rings is 2. The van der Waals surface area contributed by atoms with E-state index < -0.39 is 17.8 Å². The molecule has 2 amide bonds. The predicted octanol–water partition coefficient (Wildman–Crippen LogP) is -1.85. The second-order valence-electron chi connectivity index (χ2n) is 6.43. The molecule has 1 aliphatic heterocycles. The van der Waals surface area contributed by atoms with Crippen molar-refractivity contribution >= 4 is 29.2 Å². The summed E-state index contributed by atoms with van der Waals surface area (Å²) in [6.45, 7) is 0. The fourth-order valence-electron chi connectivity index (χ4n) is 3.12. The van der Waals surface area contributed by atoms with Crippen molar-refractivity contribution in [3.8, 4) is 0 Å². The number of carboxylic acid groups (broad SMARTS) is 1. The van der Waals surface area contributed by atoms with E-state index in [1.54, 1.807) is 30.1 Å². The summed E-state index contributed by atoms with van der Waals surface area (Å²) >= 11 is 0. The fourth-order valence-corrected chi connectivity index (χ4v) is 3.12. The standard InChI is InChI=1S/C20H20N2O4.Na/c1-22-17-8-7-16(10-14(17)12-19(22)24)21-18(23)11-15(20(25)26)9-13-5-3-2-4-6-13;/h2-8,10,15H,9,11-12H2,1H3,(H,21,23)(H,25,26);/q;+1/p-1. The third-order valence-corrected chi connectivity index (χ3v) is 4.53. The van der Waals surface area contributed by atoms with Gasteiger partial charge in [0, 0.05) is 36.7 Å². The minimum absolute atomic E-state index is 0. The van der Waals surface area contributed by atoms with Crippen LogP contribution in [0.5, 0.6) is 0 Å². The Morgan fingerprint density at radius 1 is 1.19 bits per heavy atom. The van der Waals surface area contributed by atoms with Crippen LogP contribution in [0.25, 0.3) is 0 Å². The molecule has 0 aliphatic carbocycles. The number of likely N-dealkylation sites (N-methyl/N-ethyl adjacent to an activating group) is 1. The largest absolute Gasteiger partial charge is 1.00 e. The molecule has 0 radical (unpaired) electrons. The molecule has 1 heterocycles. The Balaban J connectivity index is 0.00000261. The second-order valence-corrected chi connectivity index (χ2v) is 6.43. The second kappa shape index (κ2) is 9.17. The first kappa shape index (κ1) is 21.2. The number of fused-ring (bicyclic) bond motifs is 1. The molecule has 0 saturated heterocycles. The molecule has 27 heavy (non-hydrogen) atoms. The normalized spacial score (nSPS) is 13.5. The first-order valence-electron chi connectivity index (χ1n) is 8.38. The third-order valence-electron chi connectivity index (χ3n) is 4.53. The number of hydrogen-bond donors (Lipinski definition) is 1. The van der Waals surface area contributed by atoms with Crippen molar-refractivity contribution in [3.63, 3.8) is 0 Å². The van der Waals surface area contributed by atoms with Gasteiger partial charge in [-0.2, -0.15) is 0 Å². The summed E-state index contributed by atoms with van der Waals surface area (Å²) in [6.07, 6.45) is 0.360. The van der Waals surface area contributed by atoms with Crippen LogP contribution in [0, 0.1) is 5.92 Å². The third kappa shape index (κ3) is 5.19. The number of carbonyl (C=O) groups is 3. The zero-order valence-electron chi connectivity index (χ0n) is 15.4. The first-order chi connectivity index (χ1) is 12.4. The monoisotopic (exact) mass is 374 g/mol. The number of aliphatic carboxylic acids is 1. The minimum Gasteiger partial charge on any atom is -0.550 e. The van der Waals surface area contributed by atoms with Crippen molar-refractivity contribution < 1.29 is 49.0 Å². The van der Waals surface area contributed by atoms with Crippen LogP contribution >= 0.6 is 0 Å². The molecule has 0 spiro atoms. The maximum absolute atomic E-state index is 12.3. The average Bonchev–Trinajstić information content (AvgIpc) is 2.89. The van der Waals surface area contributed by atoms with E-state index in [9.17, 15) is 19.5 Å². The fraction of sp³-hybridized carbons (Fsp3) is 0.250. The Morgan fingerprint density at radius 3 is 2.56 bits per heavy atom. The molecule has 134 valence electrons. The van der Waals surface area contributed by atoms with Gasteiger partial charge >= 0.3 is 29.6 Å². The molecule has 7 heteroatoms. The Hall–Kier alpha value is -2.15. The zero-order valence-corrected chi connectivity index (χ0v) is 17.4. The molecular formula is C20H19N2NaO4. The Labute approximate surface area is 179 Å². The summed E-state index contributed by atoms with van der Waals surface area (Å²) in [5, 5.41) is 14.1. The summed E-state index contributed by atoms with van der Waals surface area (Å²) in [4.78, 5) is 37.0. The predicted molar refractivity (Wildman–Crippen MR) is 95.4 cm³/mol. The van der Waals surface area contributed by atoms with E-state index in [2.05, 4.69) is 5.32 Å². The van der Waals surface area contributed by atoms with E-state index in [0.717, 1.165) is 16.8 Å². The van der Waals surface area contributed by atoms with Gasteiger partial charge in [-0.15, -0.1) is 0 Å². The minimum atomic E-state index is -1.25. The van der Waals surface area contributed by atoms with Crippen LogP contribution in [0.15, 0.2) is 48.5 Å². The number of rotatable bonds is 6. The van der Waals surface area contributed by atoms with Crippen molar-refractivity contribution in [2.45, 2.75) is 19.3 Å². The van der Waals surface area contributed by atoms with Gasteiger partial charge in [-0.05, 0) is 35.7 Å². The number of carbonyl (C=O) groups excluding carboxylic acids is 3. The molecule has 1 unspecified atom stereocenters. The molecule has 0 aromatic heterocycles. The smallest absolute Gasteiger partial charge is 0.550 e. The van der Waals surface area contributed by atoms with Crippen LogP contribution in [0.4, 0.5) is 11.4 Å². The Kier molecular flexibility index (Phi) is 7.18. The molecule has 2 aromatic rings. The summed E-state index contributed by atoms with van der Waals surface area (Å²) < 4.78 is 0. The van der Waals surface area contributed by atoms with E-state index in [1.807, 2.05) is 30.3 Å². The molecule has 2 aromatic carbocycles. The van der Waals surface area contributed by atoms with E-state index in [1.165, 1.54) is 0 Å². The molecule has 0 bridgehead atoms. The number of nitrogens with one attached hydrogen (secondary N) is 1. The number of hydrogen-bond acceptors (Lipinski definition) is 4. The van der Waals surface area contributed by atoms with Crippen molar-refractivity contribution in [1.29, 1.82) is 0 Å². The number of nitrogens with zero attached hydrogens (tertiary/aromatic N) is 1. The van der Waals surface area contributed by atoms with E-state index >= 15 is 0 Å². The van der Waals surface area contributed by atoms with Gasteiger partial charge in [-0.1, -0.05) is 30.3 Å². The molecule has 0 fully saturated rings. The van der Waals surface area contributed by atoms with Gasteiger partial charge in [0.15, 0.2) is 0 Å². The van der Waals surface area contributed by atoms with Crippen molar-refractivity contribution in [2.24, 2.45) is 5.92 Å². The van der Waals surface area contributed by atoms with Crippen LogP contribution in [-0.4, -0.2) is 24.8 Å². The van der Waals surface area contributed by atoms with Crippen LogP contribution in [0.3, 0.4) is 0 Å². The van der Waals surface area contributed by atoms with Crippen molar-refractivity contribution in [3.05, 3.63) is 59.7 Å². The Bertz CT molecular complexity index is 854. The van der Waals surface area contributed by atoms with Gasteiger partial charge in [-0.25, -0.2) is 0 Å². The van der Waals surface area contributed by atoms with Gasteiger partial charge in [0.1, 0.15) is 0 Å². The van der Waals surface area contributed by atoms with Gasteiger partial charge < -0.3 is 20.1 Å². The average molecular weight is 374 g/mol. The summed E-state index contributed by atoms with van der Waals surface area (Å²) in [7, 11) is 1.71. The first-order valence-corrected chi connectivity index (χ1v) is 8.38. The quantitative estimate of drug-likeness (QED) is 0.601. The van der Waals surface area contributed by atoms with E-state index in [-0.39, 0.29) is 48.3 Å². The molecule has 1 N–H and O–H groups in total. The van der Waals surface area contributed by atoms with Gasteiger partial charge in [-0.3, -0.25) is 9.59 Å². The number of carboxylic acids is 1. The molecule has 6 nitrogen and oxygen atoms in total. The van der Waals surface area contributed by atoms with Crippen LogP contribution in [0.1, 0.15) is 17.5 Å². The van der Waals surface area contributed by atoms with Gasteiger partial charge in [0.2, 0.25) is 11.8 Å². The van der Waals surface area contributed by atoms with Crippen LogP contribution in [0.2, 0.25) is 0 Å². The van der Waals surface area contributed by atoms with Crippen molar-refractivity contribution in [2.75, 3.05) is 17.3 Å². The van der Waals surface area contributed by atoms with Gasteiger partial charge in [0.05, 0.1) is 6.42 Å². The summed E-state index contributed by atoms with van der Waals surface area (Å²) in [6, 6.07) is 14.4. The topological polar surface area (TPSA) is 89.5 Å². The molecule has 1 atom stereocenters. The van der Waals surface area contributed by atoms with Crippen LogP contribution in [-0.2, 0) is 27.2 Å². The SMILES string of the molecule is CN1C(=O)Cc2cc(NC(=O)CC(Cc3ccccc3)C(=O)[O-])ccc21.[Na+]. The van der Waals surface area contributed by atoms with E-state index in [0.29, 0.717) is 12.1 Å². The molecular weight excluding hydrogens is 355 g/mol. The van der Waals surface area contributed by atoms with Crippen molar-refractivity contribution in [1.82, 2.24) is 0 Å².